The Kier molecular flexibility index (Phi) is 45.4. The minimum Gasteiger partial charge on any atom is -0.462 e. The van der Waals surface area contributed by atoms with Crippen LogP contribution in [0.15, 0.2) is 60.8 Å². The average molecular weight is 825 g/mol. The van der Waals surface area contributed by atoms with Gasteiger partial charge in [-0.1, -0.05) is 171 Å². The summed E-state index contributed by atoms with van der Waals surface area (Å²) in [6.07, 6.45) is 57.7. The Morgan fingerprint density at radius 2 is 0.610 bits per heavy atom. The molecule has 0 aromatic carbocycles. The monoisotopic (exact) mass is 825 g/mol. The number of carbonyl (C=O) groups is 3. The van der Waals surface area contributed by atoms with E-state index in [1.165, 1.54) is 109 Å². The van der Waals surface area contributed by atoms with Crippen LogP contribution >= 0.6 is 0 Å². The van der Waals surface area contributed by atoms with E-state index in [4.69, 9.17) is 14.2 Å². The van der Waals surface area contributed by atoms with Crippen molar-refractivity contribution in [2.24, 2.45) is 0 Å². The van der Waals surface area contributed by atoms with Gasteiger partial charge in [0, 0.05) is 19.3 Å². The molecule has 6 heteroatoms. The SMILES string of the molecule is CCCCC/C=C\C/C=C\C/C=C\CCCCC(=O)OC[C@@H](COC(=O)CCCCCCC/C=C\CCCCCC)OC(=O)CCCCCCC/C=C\CCCCCC. The second-order valence-electron chi connectivity index (χ2n) is 16.4. The second kappa shape index (κ2) is 47.8. The predicted molar refractivity (Wildman–Crippen MR) is 251 cm³/mol. The first kappa shape index (κ1) is 56.1. The largest absolute Gasteiger partial charge is 0.462 e. The number of esters is 3. The van der Waals surface area contributed by atoms with Gasteiger partial charge in [0.2, 0.25) is 0 Å². The highest BCUT2D eigenvalue weighted by molar-refractivity contribution is 5.71. The molecule has 0 aliphatic rings. The number of carbonyl (C=O) groups excluding carboxylic acids is 3. The summed E-state index contributed by atoms with van der Waals surface area (Å²) >= 11 is 0. The molecule has 59 heavy (non-hydrogen) atoms. The molecule has 0 radical (unpaired) electrons. The molecule has 0 rings (SSSR count). The van der Waals surface area contributed by atoms with Crippen molar-refractivity contribution in [2.75, 3.05) is 13.2 Å². The van der Waals surface area contributed by atoms with Crippen LogP contribution in [0.2, 0.25) is 0 Å². The van der Waals surface area contributed by atoms with Gasteiger partial charge in [-0.25, -0.2) is 0 Å². The van der Waals surface area contributed by atoms with E-state index in [0.29, 0.717) is 19.3 Å². The predicted octanol–water partition coefficient (Wildman–Crippen LogP) is 16.1. The highest BCUT2D eigenvalue weighted by Crippen LogP contribution is 2.13. The fraction of sp³-hybridized carbons (Fsp3) is 0.755. The standard InChI is InChI=1S/C53H92O6/c1-4-7-10-13-16-19-22-25-26-29-31-34-37-40-43-46-52(55)58-49-50(59-53(56)47-44-41-38-35-32-28-24-21-18-15-12-9-6-3)48-57-51(54)45-42-39-36-33-30-27-23-20-17-14-11-8-5-2/h16,19-21,23-26,31,34,50H,4-15,17-18,22,27-30,32-33,35-49H2,1-3H3/b19-16-,23-20-,24-21-,26-25-,34-31-/t50-/m1/s1. The lowest BCUT2D eigenvalue weighted by molar-refractivity contribution is -0.167. The minimum absolute atomic E-state index is 0.0940. The van der Waals surface area contributed by atoms with Crippen LogP contribution in [0.4, 0.5) is 0 Å². The Morgan fingerprint density at radius 3 is 1.03 bits per heavy atom. The molecule has 0 N–H and O–H groups in total. The smallest absolute Gasteiger partial charge is 0.306 e. The van der Waals surface area contributed by atoms with Gasteiger partial charge in [0.05, 0.1) is 0 Å². The molecule has 0 saturated heterocycles. The average Bonchev–Trinajstić information content (AvgIpc) is 3.23. The molecule has 0 aliphatic heterocycles. The molecule has 0 spiro atoms. The third-order valence-corrected chi connectivity index (χ3v) is 10.5. The second-order valence-corrected chi connectivity index (χ2v) is 16.4. The Balaban J connectivity index is 4.47. The van der Waals surface area contributed by atoms with E-state index in [0.717, 1.165) is 89.9 Å². The molecule has 0 aromatic heterocycles. The van der Waals surface area contributed by atoms with Gasteiger partial charge < -0.3 is 14.2 Å². The van der Waals surface area contributed by atoms with E-state index in [-0.39, 0.29) is 31.1 Å². The van der Waals surface area contributed by atoms with Gasteiger partial charge in [0.15, 0.2) is 6.10 Å². The lowest BCUT2D eigenvalue weighted by Crippen LogP contribution is -2.30. The maximum atomic E-state index is 12.8. The van der Waals surface area contributed by atoms with Crippen LogP contribution in [-0.4, -0.2) is 37.2 Å². The van der Waals surface area contributed by atoms with Crippen molar-refractivity contribution in [1.29, 1.82) is 0 Å². The zero-order valence-corrected chi connectivity index (χ0v) is 38.8. The fourth-order valence-electron chi connectivity index (χ4n) is 6.67. The first-order chi connectivity index (χ1) is 29.0. The third kappa shape index (κ3) is 46.0. The number of hydrogen-bond acceptors (Lipinski definition) is 6. The van der Waals surface area contributed by atoms with Crippen molar-refractivity contribution in [2.45, 2.75) is 245 Å². The third-order valence-electron chi connectivity index (χ3n) is 10.5. The summed E-state index contributed by atoms with van der Waals surface area (Å²) < 4.78 is 16.7. The molecule has 6 nitrogen and oxygen atoms in total. The van der Waals surface area contributed by atoms with Crippen molar-refractivity contribution in [3.63, 3.8) is 0 Å². The lowest BCUT2D eigenvalue weighted by Gasteiger charge is -2.18. The Hall–Kier alpha value is -2.89. The number of hydrogen-bond donors (Lipinski definition) is 0. The van der Waals surface area contributed by atoms with Crippen LogP contribution in [-0.2, 0) is 28.6 Å². The zero-order valence-electron chi connectivity index (χ0n) is 38.8. The molecule has 0 amide bonds. The molecule has 0 bridgehead atoms. The quantitative estimate of drug-likeness (QED) is 0.0263. The van der Waals surface area contributed by atoms with Crippen molar-refractivity contribution in [3.05, 3.63) is 60.8 Å². The summed E-state index contributed by atoms with van der Waals surface area (Å²) in [7, 11) is 0. The maximum Gasteiger partial charge on any atom is 0.306 e. The first-order valence-corrected chi connectivity index (χ1v) is 24.8. The maximum absolute atomic E-state index is 12.8. The number of unbranched alkanes of at least 4 members (excludes halogenated alkanes) is 23. The van der Waals surface area contributed by atoms with Crippen LogP contribution in [0.3, 0.4) is 0 Å². The molecular formula is C53H92O6. The normalized spacial score (nSPS) is 12.5. The highest BCUT2D eigenvalue weighted by atomic mass is 16.6. The number of ether oxygens (including phenoxy) is 3. The van der Waals surface area contributed by atoms with Gasteiger partial charge in [-0.2, -0.15) is 0 Å². The molecule has 340 valence electrons. The summed E-state index contributed by atoms with van der Waals surface area (Å²) in [4.78, 5) is 37.9. The minimum atomic E-state index is -0.795. The molecule has 0 heterocycles. The summed E-state index contributed by atoms with van der Waals surface area (Å²) in [5.74, 6) is -0.950. The Morgan fingerprint density at radius 1 is 0.339 bits per heavy atom. The number of allylic oxidation sites excluding steroid dienone is 10. The van der Waals surface area contributed by atoms with Crippen LogP contribution in [0.25, 0.3) is 0 Å². The van der Waals surface area contributed by atoms with Crippen LogP contribution in [0.5, 0.6) is 0 Å². The van der Waals surface area contributed by atoms with Crippen LogP contribution in [0, 0.1) is 0 Å². The molecule has 0 aliphatic carbocycles. The topological polar surface area (TPSA) is 78.9 Å². The molecule has 0 saturated carbocycles. The van der Waals surface area contributed by atoms with Crippen LogP contribution < -0.4 is 0 Å². The fourth-order valence-corrected chi connectivity index (χ4v) is 6.67. The van der Waals surface area contributed by atoms with Gasteiger partial charge in [-0.05, 0) is 109 Å². The van der Waals surface area contributed by atoms with E-state index in [1.807, 2.05) is 0 Å². The van der Waals surface area contributed by atoms with Gasteiger partial charge in [0.1, 0.15) is 13.2 Å². The Labute approximate surface area is 364 Å². The summed E-state index contributed by atoms with van der Waals surface area (Å²) in [6, 6.07) is 0. The van der Waals surface area contributed by atoms with E-state index in [1.54, 1.807) is 0 Å². The van der Waals surface area contributed by atoms with Crippen molar-refractivity contribution in [3.8, 4) is 0 Å². The summed E-state index contributed by atoms with van der Waals surface area (Å²) in [6.45, 7) is 6.52. The van der Waals surface area contributed by atoms with Crippen molar-refractivity contribution in [1.82, 2.24) is 0 Å². The van der Waals surface area contributed by atoms with Gasteiger partial charge in [0.25, 0.3) is 0 Å². The van der Waals surface area contributed by atoms with Crippen molar-refractivity contribution < 1.29 is 28.6 Å². The Bertz CT molecular complexity index is 1090. The molecule has 1 atom stereocenters. The highest BCUT2D eigenvalue weighted by Gasteiger charge is 2.19. The molecule has 0 unspecified atom stereocenters. The van der Waals surface area contributed by atoms with Gasteiger partial charge in [-0.15, -0.1) is 0 Å². The van der Waals surface area contributed by atoms with E-state index >= 15 is 0 Å². The van der Waals surface area contributed by atoms with Gasteiger partial charge in [-0.3, -0.25) is 14.4 Å². The molecule has 0 aromatic rings. The lowest BCUT2D eigenvalue weighted by atomic mass is 10.1. The summed E-state index contributed by atoms with van der Waals surface area (Å²) in [5.41, 5.74) is 0. The van der Waals surface area contributed by atoms with Crippen LogP contribution in [0.1, 0.15) is 239 Å². The van der Waals surface area contributed by atoms with Crippen molar-refractivity contribution >= 4 is 17.9 Å². The summed E-state index contributed by atoms with van der Waals surface area (Å²) in [5, 5.41) is 0. The first-order valence-electron chi connectivity index (χ1n) is 24.8. The van der Waals surface area contributed by atoms with Gasteiger partial charge >= 0.3 is 17.9 Å². The zero-order chi connectivity index (χ0) is 43.0. The van der Waals surface area contributed by atoms with E-state index in [9.17, 15) is 14.4 Å². The number of rotatable bonds is 44. The molecular weight excluding hydrogens is 733 g/mol. The van der Waals surface area contributed by atoms with E-state index < -0.39 is 6.10 Å². The molecule has 0 fully saturated rings. The van der Waals surface area contributed by atoms with E-state index in [2.05, 4.69) is 81.5 Å².